The summed E-state index contributed by atoms with van der Waals surface area (Å²) >= 11 is 0. The number of aromatic nitrogens is 4. The van der Waals surface area contributed by atoms with Crippen LogP contribution in [0.5, 0.6) is 0 Å². The maximum atomic E-state index is 10.9. The molecule has 3 heterocycles. The lowest BCUT2D eigenvalue weighted by Crippen LogP contribution is -2.39. The van der Waals surface area contributed by atoms with Gasteiger partial charge >= 0.3 is 0 Å². The van der Waals surface area contributed by atoms with Crippen molar-refractivity contribution in [3.63, 3.8) is 0 Å². The van der Waals surface area contributed by atoms with Crippen molar-refractivity contribution in [3.05, 3.63) is 12.7 Å². The van der Waals surface area contributed by atoms with Gasteiger partial charge in [0.25, 0.3) is 0 Å². The van der Waals surface area contributed by atoms with E-state index >= 15 is 0 Å². The molecule has 1 amide bonds. The molecule has 0 unspecified atom stereocenters. The Hall–Kier alpha value is -2.30. The van der Waals surface area contributed by atoms with Crippen molar-refractivity contribution >= 4 is 23.4 Å². The van der Waals surface area contributed by atoms with Crippen LogP contribution in [0.3, 0.4) is 0 Å². The Labute approximate surface area is 131 Å². The van der Waals surface area contributed by atoms with Crippen LogP contribution in [0, 0.1) is 0 Å². The van der Waals surface area contributed by atoms with Gasteiger partial charge < -0.3 is 25.6 Å². The summed E-state index contributed by atoms with van der Waals surface area (Å²) < 4.78 is 7.23. The summed E-state index contributed by atoms with van der Waals surface area (Å²) in [5.41, 5.74) is 6.53. The quantitative estimate of drug-likeness (QED) is 0.565. The Kier molecular flexibility index (Phi) is 4.11. The van der Waals surface area contributed by atoms with E-state index in [0.29, 0.717) is 24.1 Å². The van der Waals surface area contributed by atoms with Crippen LogP contribution >= 0.6 is 0 Å². The summed E-state index contributed by atoms with van der Waals surface area (Å²) in [5, 5.41) is 20.5. The van der Waals surface area contributed by atoms with E-state index in [1.165, 1.54) is 22.1 Å². The van der Waals surface area contributed by atoms with Crippen LogP contribution in [0.4, 0.5) is 5.82 Å². The second-order valence-electron chi connectivity index (χ2n) is 5.32. The summed E-state index contributed by atoms with van der Waals surface area (Å²) in [5.74, 6) is 0.219. The third kappa shape index (κ3) is 2.60. The zero-order valence-corrected chi connectivity index (χ0v) is 12.5. The van der Waals surface area contributed by atoms with Crippen molar-refractivity contribution < 1.29 is 19.7 Å². The zero-order valence-electron chi connectivity index (χ0n) is 12.5. The smallest absolute Gasteiger partial charge is 0.209 e. The summed E-state index contributed by atoms with van der Waals surface area (Å²) in [6.07, 6.45) is -0.510. The average molecular weight is 322 g/mol. The molecule has 1 aliphatic rings. The first-order valence-electron chi connectivity index (χ1n) is 7.20. The minimum Gasteiger partial charge on any atom is -0.387 e. The van der Waals surface area contributed by atoms with Crippen molar-refractivity contribution in [2.24, 2.45) is 0 Å². The number of carbonyl (C=O) groups is 1. The minimum absolute atomic E-state index is 0.179. The van der Waals surface area contributed by atoms with E-state index in [1.807, 2.05) is 6.92 Å². The van der Waals surface area contributed by atoms with Crippen LogP contribution in [0.2, 0.25) is 0 Å². The molecule has 1 aliphatic heterocycles. The normalized spacial score (nSPS) is 27.4. The predicted octanol–water partition coefficient (Wildman–Crippen LogP) is -1.49. The topological polar surface area (TPSA) is 140 Å². The Morgan fingerprint density at radius 1 is 1.39 bits per heavy atom. The number of nitrogens with zero attached hydrogens (tertiary/aromatic N) is 5. The first kappa shape index (κ1) is 15.6. The highest BCUT2D eigenvalue weighted by Crippen LogP contribution is 2.32. The zero-order chi connectivity index (χ0) is 16.6. The number of likely N-dealkylation sites (N-methyl/N-ethyl adjacent to an activating group) is 1. The maximum absolute atomic E-state index is 10.9. The number of nitrogen functional groups attached to an aromatic ring is 1. The van der Waals surface area contributed by atoms with Crippen LogP contribution in [0.25, 0.3) is 11.2 Å². The second kappa shape index (κ2) is 6.07. The highest BCUT2D eigenvalue weighted by Gasteiger charge is 2.44. The minimum atomic E-state index is -1.18. The lowest BCUT2D eigenvalue weighted by molar-refractivity contribution is -0.121. The molecule has 1 saturated heterocycles. The predicted molar refractivity (Wildman–Crippen MR) is 79.0 cm³/mol. The molecule has 0 aliphatic carbocycles. The fraction of sp³-hybridized carbons (Fsp3) is 0.538. The van der Waals surface area contributed by atoms with Gasteiger partial charge in [-0.2, -0.15) is 0 Å². The van der Waals surface area contributed by atoms with Gasteiger partial charge in [-0.15, -0.1) is 0 Å². The van der Waals surface area contributed by atoms with Crippen LogP contribution in [0.15, 0.2) is 12.7 Å². The number of imidazole rings is 1. The number of aliphatic hydroxyl groups excluding tert-OH is 2. The van der Waals surface area contributed by atoms with Gasteiger partial charge in [-0.1, -0.05) is 0 Å². The number of anilines is 1. The second-order valence-corrected chi connectivity index (χ2v) is 5.32. The van der Waals surface area contributed by atoms with Gasteiger partial charge in [0, 0.05) is 13.1 Å². The number of amides is 1. The van der Waals surface area contributed by atoms with E-state index in [-0.39, 0.29) is 12.4 Å². The molecule has 2 aromatic rings. The molecule has 124 valence electrons. The van der Waals surface area contributed by atoms with Gasteiger partial charge in [-0.3, -0.25) is 9.36 Å². The molecule has 4 N–H and O–H groups in total. The van der Waals surface area contributed by atoms with Crippen LogP contribution < -0.4 is 5.73 Å². The highest BCUT2D eigenvalue weighted by atomic mass is 16.6. The van der Waals surface area contributed by atoms with Crippen LogP contribution in [0.1, 0.15) is 13.2 Å². The van der Waals surface area contributed by atoms with Gasteiger partial charge in [0.2, 0.25) is 6.41 Å². The van der Waals surface area contributed by atoms with Crippen molar-refractivity contribution in [1.82, 2.24) is 24.4 Å². The fourth-order valence-electron chi connectivity index (χ4n) is 2.64. The van der Waals surface area contributed by atoms with Crippen molar-refractivity contribution in [1.29, 1.82) is 0 Å². The van der Waals surface area contributed by atoms with E-state index in [2.05, 4.69) is 15.0 Å². The summed E-state index contributed by atoms with van der Waals surface area (Å²) in [4.78, 5) is 24.4. The van der Waals surface area contributed by atoms with E-state index in [9.17, 15) is 15.0 Å². The first-order valence-corrected chi connectivity index (χ1v) is 7.20. The molecule has 0 spiro atoms. The van der Waals surface area contributed by atoms with E-state index < -0.39 is 24.5 Å². The Morgan fingerprint density at radius 3 is 2.87 bits per heavy atom. The molecule has 0 radical (unpaired) electrons. The molecule has 1 fully saturated rings. The van der Waals surface area contributed by atoms with Crippen LogP contribution in [-0.2, 0) is 9.53 Å². The van der Waals surface area contributed by atoms with Gasteiger partial charge in [0.05, 0.1) is 6.33 Å². The fourth-order valence-corrected chi connectivity index (χ4v) is 2.64. The van der Waals surface area contributed by atoms with Gasteiger partial charge in [-0.05, 0) is 6.92 Å². The molecule has 10 heteroatoms. The van der Waals surface area contributed by atoms with Crippen molar-refractivity contribution in [2.75, 3.05) is 18.8 Å². The highest BCUT2D eigenvalue weighted by molar-refractivity contribution is 5.81. The molecule has 23 heavy (non-hydrogen) atoms. The molecule has 4 atom stereocenters. The number of aliphatic hydroxyl groups is 2. The number of carbonyl (C=O) groups excluding carboxylic acids is 1. The number of rotatable bonds is 5. The lowest BCUT2D eigenvalue weighted by atomic mass is 10.1. The number of fused-ring (bicyclic) bond motifs is 1. The standard InChI is InChI=1S/C13H18N6O4/c1-2-18(6-20)3-7-9(21)10(22)13(23-7)19-5-17-8-11(14)15-4-16-12(8)19/h4-7,9-10,13,21-22H,2-3H2,1H3,(H2,14,15,16)/t7-,9-,10-,13-/m1/s1. The molecular weight excluding hydrogens is 304 g/mol. The molecular formula is C13H18N6O4. The van der Waals surface area contributed by atoms with E-state index in [0.717, 1.165) is 0 Å². The summed E-state index contributed by atoms with van der Waals surface area (Å²) in [6, 6.07) is 0. The van der Waals surface area contributed by atoms with Gasteiger partial charge in [0.15, 0.2) is 17.7 Å². The number of nitrogens with two attached hydrogens (primary N) is 1. The third-order valence-electron chi connectivity index (χ3n) is 3.97. The molecule has 0 bridgehead atoms. The Bertz CT molecular complexity index is 707. The SMILES string of the molecule is CCN(C=O)C[C@H]1O[C@@H](n2cnc3c(N)ncnc32)[C@H](O)[C@@H]1O. The Balaban J connectivity index is 1.88. The lowest BCUT2D eigenvalue weighted by Gasteiger charge is -2.21. The average Bonchev–Trinajstić information content (AvgIpc) is 3.09. The van der Waals surface area contributed by atoms with Gasteiger partial charge in [0.1, 0.15) is 30.2 Å². The molecule has 10 nitrogen and oxygen atoms in total. The van der Waals surface area contributed by atoms with Gasteiger partial charge in [-0.25, -0.2) is 15.0 Å². The molecule has 2 aromatic heterocycles. The monoisotopic (exact) mass is 322 g/mol. The molecule has 3 rings (SSSR count). The first-order chi connectivity index (χ1) is 11.1. The number of hydrogen-bond donors (Lipinski definition) is 3. The third-order valence-corrected chi connectivity index (χ3v) is 3.97. The van der Waals surface area contributed by atoms with E-state index in [1.54, 1.807) is 0 Å². The Morgan fingerprint density at radius 2 is 2.17 bits per heavy atom. The van der Waals surface area contributed by atoms with Crippen molar-refractivity contribution in [2.45, 2.75) is 31.5 Å². The van der Waals surface area contributed by atoms with Crippen molar-refractivity contribution in [3.8, 4) is 0 Å². The number of hydrogen-bond acceptors (Lipinski definition) is 8. The summed E-state index contributed by atoms with van der Waals surface area (Å²) in [6.45, 7) is 2.47. The van der Waals surface area contributed by atoms with E-state index in [4.69, 9.17) is 10.5 Å². The summed E-state index contributed by atoms with van der Waals surface area (Å²) in [7, 11) is 0. The largest absolute Gasteiger partial charge is 0.387 e. The van der Waals surface area contributed by atoms with Crippen LogP contribution in [-0.4, -0.2) is 72.4 Å². The maximum Gasteiger partial charge on any atom is 0.209 e. The molecule has 0 saturated carbocycles. The number of ether oxygens (including phenoxy) is 1. The molecule has 0 aromatic carbocycles.